The Balaban J connectivity index is 1.68. The summed E-state index contributed by atoms with van der Waals surface area (Å²) in [5.41, 5.74) is -1.32. The molecule has 0 radical (unpaired) electrons. The van der Waals surface area contributed by atoms with Gasteiger partial charge >= 0.3 is 12.2 Å². The van der Waals surface area contributed by atoms with Crippen LogP contribution >= 0.6 is 12.8 Å². The van der Waals surface area contributed by atoms with Crippen LogP contribution in [0.4, 0.5) is 43.8 Å². The van der Waals surface area contributed by atoms with Crippen molar-refractivity contribution in [3.63, 3.8) is 0 Å². The number of anilines is 3. The Morgan fingerprint density at radius 1 is 0.844 bits per heavy atom. The predicted molar refractivity (Wildman–Crippen MR) is 113 cm³/mol. The summed E-state index contributed by atoms with van der Waals surface area (Å²) >= 11 is 4.00. The van der Waals surface area contributed by atoms with Gasteiger partial charge in [0.2, 0.25) is 0 Å². The highest BCUT2D eigenvalue weighted by atomic mass is 32.1. The highest BCUT2D eigenvalue weighted by molar-refractivity contribution is 7.82. The lowest BCUT2D eigenvalue weighted by Crippen LogP contribution is -2.27. The summed E-state index contributed by atoms with van der Waals surface area (Å²) in [6.45, 7) is 0. The molecule has 3 aromatic carbocycles. The molecule has 0 spiro atoms. The van der Waals surface area contributed by atoms with Gasteiger partial charge < -0.3 is 10.6 Å². The Hall–Kier alpha value is -3.60. The molecule has 5 nitrogen and oxygen atoms in total. The second-order valence-electron chi connectivity index (χ2n) is 6.45. The van der Waals surface area contributed by atoms with Gasteiger partial charge in [-0.05, 0) is 54.6 Å². The van der Waals surface area contributed by atoms with Crippen LogP contribution in [0.15, 0.2) is 66.7 Å². The van der Waals surface area contributed by atoms with Gasteiger partial charge in [0, 0.05) is 11.4 Å². The van der Waals surface area contributed by atoms with E-state index in [-0.39, 0.29) is 11.3 Å². The number of alkyl halides is 3. The van der Waals surface area contributed by atoms with Gasteiger partial charge in [0.1, 0.15) is 11.6 Å². The number of rotatable bonds is 4. The topological polar surface area (TPSA) is 61.4 Å². The van der Waals surface area contributed by atoms with Crippen LogP contribution in [0.2, 0.25) is 0 Å². The number of nitrogens with one attached hydrogen (secondary N) is 2. The molecule has 0 aliphatic carbocycles. The van der Waals surface area contributed by atoms with Gasteiger partial charge in [-0.15, -0.1) is 0 Å². The monoisotopic (exact) mass is 467 g/mol. The number of hydrogen-bond donors (Lipinski definition) is 3. The van der Waals surface area contributed by atoms with Crippen molar-refractivity contribution >= 4 is 41.8 Å². The first-order valence-electron chi connectivity index (χ1n) is 8.88. The highest BCUT2D eigenvalue weighted by Crippen LogP contribution is 2.32. The molecule has 0 aromatic heterocycles. The van der Waals surface area contributed by atoms with E-state index in [2.05, 4.69) is 23.4 Å². The minimum absolute atomic E-state index is 0.153. The lowest BCUT2D eigenvalue weighted by molar-refractivity contribution is -0.137. The molecule has 0 saturated carbocycles. The van der Waals surface area contributed by atoms with Crippen LogP contribution in [0.3, 0.4) is 0 Å². The fourth-order valence-electron chi connectivity index (χ4n) is 2.65. The quantitative estimate of drug-likeness (QED) is 0.320. The van der Waals surface area contributed by atoms with Crippen LogP contribution in [-0.4, -0.2) is 11.9 Å². The van der Waals surface area contributed by atoms with Crippen molar-refractivity contribution in [2.75, 3.05) is 14.9 Å². The molecule has 0 heterocycles. The number of benzene rings is 3. The number of carbonyl (C=O) groups is 2. The average Bonchev–Trinajstić information content (AvgIpc) is 2.73. The van der Waals surface area contributed by atoms with E-state index in [1.54, 1.807) is 0 Å². The van der Waals surface area contributed by atoms with E-state index in [0.717, 1.165) is 16.4 Å². The van der Waals surface area contributed by atoms with E-state index >= 15 is 0 Å². The summed E-state index contributed by atoms with van der Waals surface area (Å²) < 4.78 is 66.4. The largest absolute Gasteiger partial charge is 0.416 e. The Labute approximate surface area is 184 Å². The Kier molecular flexibility index (Phi) is 6.68. The maximum Gasteiger partial charge on any atom is 0.416 e. The van der Waals surface area contributed by atoms with Crippen LogP contribution in [0.25, 0.3) is 0 Å². The smallest absolute Gasteiger partial charge is 0.322 e. The van der Waals surface area contributed by atoms with Gasteiger partial charge in [0.05, 0.1) is 16.8 Å². The molecule has 0 aliphatic rings. The van der Waals surface area contributed by atoms with Gasteiger partial charge in [0.25, 0.3) is 5.91 Å². The Morgan fingerprint density at radius 3 is 2.12 bits per heavy atom. The minimum Gasteiger partial charge on any atom is -0.322 e. The molecule has 3 amide bonds. The van der Waals surface area contributed by atoms with E-state index in [9.17, 15) is 31.5 Å². The average molecular weight is 467 g/mol. The third kappa shape index (κ3) is 5.55. The van der Waals surface area contributed by atoms with Crippen LogP contribution < -0.4 is 14.9 Å². The number of urea groups is 1. The SMILES string of the molecule is O=C(Nc1ccc(N(S)C(=O)Nc2cc(F)cc(C(F)(F)F)c2)cc1)c1ccccc1F. The lowest BCUT2D eigenvalue weighted by atomic mass is 10.2. The zero-order valence-corrected chi connectivity index (χ0v) is 16.8. The minimum atomic E-state index is -4.79. The fourth-order valence-corrected chi connectivity index (χ4v) is 2.83. The van der Waals surface area contributed by atoms with Crippen molar-refractivity contribution in [1.29, 1.82) is 0 Å². The Bertz CT molecular complexity index is 1150. The first kappa shape index (κ1) is 23.1. The number of carbonyl (C=O) groups excluding carboxylic acids is 2. The van der Waals surface area contributed by atoms with Crippen molar-refractivity contribution in [3.8, 4) is 0 Å². The first-order valence-corrected chi connectivity index (χ1v) is 9.28. The summed E-state index contributed by atoms with van der Waals surface area (Å²) in [5.74, 6) is -2.54. The van der Waals surface area contributed by atoms with Crippen LogP contribution in [-0.2, 0) is 6.18 Å². The maximum atomic E-state index is 13.7. The van der Waals surface area contributed by atoms with E-state index in [1.165, 1.54) is 42.5 Å². The molecule has 0 saturated heterocycles. The molecule has 0 fully saturated rings. The normalized spacial score (nSPS) is 11.1. The molecular formula is C21H14F5N3O2S. The standard InChI is InChI=1S/C21H14F5N3O2S/c22-13-9-12(21(24,25)26)10-15(11-13)28-20(31)29(32)16-7-5-14(6-8-16)27-19(30)17-3-1-2-4-18(17)23/h1-11,32H,(H,27,30)(H,28,31). The number of halogens is 5. The summed E-state index contributed by atoms with van der Waals surface area (Å²) in [6, 6.07) is 11.7. The molecule has 3 aromatic rings. The third-order valence-electron chi connectivity index (χ3n) is 4.16. The molecule has 0 aliphatic heterocycles. The predicted octanol–water partition coefficient (Wildman–Crippen LogP) is 6.12. The van der Waals surface area contributed by atoms with Crippen molar-refractivity contribution in [2.45, 2.75) is 6.18 Å². The van der Waals surface area contributed by atoms with Crippen LogP contribution in [0.1, 0.15) is 15.9 Å². The van der Waals surface area contributed by atoms with E-state index in [0.29, 0.717) is 17.8 Å². The van der Waals surface area contributed by atoms with Crippen LogP contribution in [0, 0.1) is 11.6 Å². The maximum absolute atomic E-state index is 13.7. The Morgan fingerprint density at radius 2 is 1.50 bits per heavy atom. The molecule has 0 unspecified atom stereocenters. The van der Waals surface area contributed by atoms with Gasteiger partial charge in [0.15, 0.2) is 0 Å². The number of hydrogen-bond acceptors (Lipinski definition) is 3. The molecule has 166 valence electrons. The third-order valence-corrected chi connectivity index (χ3v) is 4.57. The lowest BCUT2D eigenvalue weighted by Gasteiger charge is -2.18. The van der Waals surface area contributed by atoms with E-state index in [4.69, 9.17) is 0 Å². The summed E-state index contributed by atoms with van der Waals surface area (Å²) in [4.78, 5) is 24.4. The van der Waals surface area contributed by atoms with Gasteiger partial charge in [-0.2, -0.15) is 13.2 Å². The molecular weight excluding hydrogens is 453 g/mol. The summed E-state index contributed by atoms with van der Waals surface area (Å²) in [5, 5.41) is 4.62. The second kappa shape index (κ2) is 9.27. The van der Waals surface area contributed by atoms with E-state index < -0.39 is 41.0 Å². The van der Waals surface area contributed by atoms with Gasteiger partial charge in [-0.25, -0.2) is 17.9 Å². The molecule has 2 N–H and O–H groups in total. The zero-order valence-electron chi connectivity index (χ0n) is 16.0. The first-order chi connectivity index (χ1) is 15.0. The number of nitrogens with zero attached hydrogens (tertiary/aromatic N) is 1. The molecule has 32 heavy (non-hydrogen) atoms. The van der Waals surface area contributed by atoms with E-state index in [1.807, 2.05) is 0 Å². The van der Waals surface area contributed by atoms with Gasteiger partial charge in [-0.3, -0.25) is 4.79 Å². The molecule has 3 rings (SSSR count). The molecule has 0 bridgehead atoms. The second-order valence-corrected chi connectivity index (χ2v) is 6.85. The van der Waals surface area contributed by atoms with Crippen molar-refractivity contribution < 1.29 is 31.5 Å². The summed E-state index contributed by atoms with van der Waals surface area (Å²) in [6.07, 6.45) is -4.79. The zero-order chi connectivity index (χ0) is 23.5. The fraction of sp³-hybridized carbons (Fsp3) is 0.0476. The molecule has 0 atom stereocenters. The van der Waals surface area contributed by atoms with Gasteiger partial charge in [-0.1, -0.05) is 24.9 Å². The summed E-state index contributed by atoms with van der Waals surface area (Å²) in [7, 11) is 0. The number of thiol groups is 1. The molecule has 11 heteroatoms. The van der Waals surface area contributed by atoms with Crippen molar-refractivity contribution in [1.82, 2.24) is 0 Å². The number of amides is 3. The van der Waals surface area contributed by atoms with Crippen LogP contribution in [0.5, 0.6) is 0 Å². The van der Waals surface area contributed by atoms with Crippen molar-refractivity contribution in [3.05, 3.63) is 89.5 Å². The highest BCUT2D eigenvalue weighted by Gasteiger charge is 2.31. The van der Waals surface area contributed by atoms with Crippen molar-refractivity contribution in [2.24, 2.45) is 0 Å².